The van der Waals surface area contributed by atoms with Gasteiger partial charge in [-0.15, -0.1) is 0 Å². The molecule has 0 bridgehead atoms. The summed E-state index contributed by atoms with van der Waals surface area (Å²) in [5.41, 5.74) is 1.40. The fraction of sp³-hybridized carbons (Fsp3) is 0.462. The van der Waals surface area contributed by atoms with Gasteiger partial charge in [0.15, 0.2) is 0 Å². The van der Waals surface area contributed by atoms with Crippen molar-refractivity contribution in [3.8, 4) is 6.07 Å². The van der Waals surface area contributed by atoms with Gasteiger partial charge in [0.05, 0.1) is 6.07 Å². The second kappa shape index (κ2) is 6.03. The molecule has 1 aromatic carbocycles. The van der Waals surface area contributed by atoms with Crippen LogP contribution in [0.3, 0.4) is 0 Å². The lowest BCUT2D eigenvalue weighted by atomic mass is 9.84. The highest BCUT2D eigenvalue weighted by molar-refractivity contribution is 9.10. The van der Waals surface area contributed by atoms with Crippen molar-refractivity contribution in [2.24, 2.45) is 0 Å². The van der Waals surface area contributed by atoms with Crippen LogP contribution in [0.4, 0.5) is 0 Å². The summed E-state index contributed by atoms with van der Waals surface area (Å²) in [6, 6.07) is 10.5. The topological polar surface area (TPSA) is 35.8 Å². The lowest BCUT2D eigenvalue weighted by molar-refractivity contribution is 0.473. The average Bonchev–Trinajstić information content (AvgIpc) is 2.25. The molecule has 0 saturated heterocycles. The molecule has 16 heavy (non-hydrogen) atoms. The van der Waals surface area contributed by atoms with E-state index in [1.807, 2.05) is 0 Å². The standard InChI is InChI=1S/C13H17BrN2/c1-13(2,10-16-9-3-8-15)11-4-6-12(14)7-5-11/h4-7,16H,3,9-10H2,1-2H3. The van der Waals surface area contributed by atoms with Crippen LogP contribution in [0.25, 0.3) is 0 Å². The highest BCUT2D eigenvalue weighted by atomic mass is 79.9. The molecular weight excluding hydrogens is 264 g/mol. The van der Waals surface area contributed by atoms with Gasteiger partial charge in [-0.2, -0.15) is 5.26 Å². The van der Waals surface area contributed by atoms with E-state index in [2.05, 4.69) is 65.4 Å². The number of nitrogens with one attached hydrogen (secondary N) is 1. The van der Waals surface area contributed by atoms with Gasteiger partial charge in [-0.1, -0.05) is 41.9 Å². The zero-order valence-corrected chi connectivity index (χ0v) is 11.3. The van der Waals surface area contributed by atoms with Crippen molar-refractivity contribution in [3.63, 3.8) is 0 Å². The molecule has 0 fully saturated rings. The Kier molecular flexibility index (Phi) is 4.98. The molecule has 0 radical (unpaired) electrons. The van der Waals surface area contributed by atoms with Gasteiger partial charge in [0, 0.05) is 29.4 Å². The molecular formula is C13H17BrN2. The van der Waals surface area contributed by atoms with Crippen LogP contribution in [0.2, 0.25) is 0 Å². The Morgan fingerprint density at radius 1 is 1.31 bits per heavy atom. The van der Waals surface area contributed by atoms with E-state index in [0.29, 0.717) is 6.42 Å². The number of halogens is 1. The first-order valence-electron chi connectivity index (χ1n) is 5.40. The van der Waals surface area contributed by atoms with Crippen LogP contribution in [0.15, 0.2) is 28.7 Å². The molecule has 0 aromatic heterocycles. The molecule has 0 heterocycles. The molecule has 1 aromatic rings. The lowest BCUT2D eigenvalue weighted by Crippen LogP contribution is -2.33. The second-order valence-electron chi connectivity index (χ2n) is 4.48. The Labute approximate surface area is 106 Å². The van der Waals surface area contributed by atoms with Crippen LogP contribution >= 0.6 is 15.9 Å². The third-order valence-electron chi connectivity index (χ3n) is 2.61. The Hall–Kier alpha value is -0.850. The molecule has 2 nitrogen and oxygen atoms in total. The SMILES string of the molecule is CC(C)(CNCCC#N)c1ccc(Br)cc1. The third kappa shape index (κ3) is 3.96. The maximum atomic E-state index is 8.45. The van der Waals surface area contributed by atoms with Crippen LogP contribution < -0.4 is 5.32 Å². The van der Waals surface area contributed by atoms with Crippen molar-refractivity contribution >= 4 is 15.9 Å². The van der Waals surface area contributed by atoms with Gasteiger partial charge in [0.1, 0.15) is 0 Å². The van der Waals surface area contributed by atoms with Gasteiger partial charge in [-0.25, -0.2) is 0 Å². The minimum absolute atomic E-state index is 0.0934. The summed E-state index contributed by atoms with van der Waals surface area (Å²) in [6.45, 7) is 6.05. The zero-order valence-electron chi connectivity index (χ0n) is 9.76. The molecule has 3 heteroatoms. The number of hydrogen-bond acceptors (Lipinski definition) is 2. The highest BCUT2D eigenvalue weighted by Gasteiger charge is 2.19. The number of benzene rings is 1. The average molecular weight is 281 g/mol. The summed E-state index contributed by atoms with van der Waals surface area (Å²) >= 11 is 3.43. The van der Waals surface area contributed by atoms with Crippen molar-refractivity contribution in [3.05, 3.63) is 34.3 Å². The fourth-order valence-electron chi connectivity index (χ4n) is 1.55. The van der Waals surface area contributed by atoms with Gasteiger partial charge in [-0.3, -0.25) is 0 Å². The van der Waals surface area contributed by atoms with Crippen molar-refractivity contribution < 1.29 is 0 Å². The second-order valence-corrected chi connectivity index (χ2v) is 5.39. The quantitative estimate of drug-likeness (QED) is 0.841. The molecule has 0 aliphatic rings. The van der Waals surface area contributed by atoms with E-state index in [4.69, 9.17) is 5.26 Å². The fourth-order valence-corrected chi connectivity index (χ4v) is 1.81. The number of rotatable bonds is 5. The van der Waals surface area contributed by atoms with Gasteiger partial charge in [0.25, 0.3) is 0 Å². The van der Waals surface area contributed by atoms with Gasteiger partial charge in [0.2, 0.25) is 0 Å². The molecule has 0 atom stereocenters. The molecule has 0 aliphatic heterocycles. The number of nitrogens with zero attached hydrogens (tertiary/aromatic N) is 1. The zero-order chi connectivity index (χ0) is 12.0. The highest BCUT2D eigenvalue weighted by Crippen LogP contribution is 2.23. The molecule has 1 N–H and O–H groups in total. The minimum Gasteiger partial charge on any atom is -0.315 e. The summed E-state index contributed by atoms with van der Waals surface area (Å²) in [6.07, 6.45) is 0.566. The Balaban J connectivity index is 2.56. The molecule has 0 saturated carbocycles. The Morgan fingerprint density at radius 3 is 2.50 bits per heavy atom. The molecule has 0 unspecified atom stereocenters. The molecule has 0 spiro atoms. The van der Waals surface area contributed by atoms with Gasteiger partial charge < -0.3 is 5.32 Å². The van der Waals surface area contributed by atoms with Crippen molar-refractivity contribution in [2.75, 3.05) is 13.1 Å². The van der Waals surface area contributed by atoms with E-state index in [1.54, 1.807) is 0 Å². The first-order valence-corrected chi connectivity index (χ1v) is 6.19. The van der Waals surface area contributed by atoms with Crippen LogP contribution in [0.1, 0.15) is 25.8 Å². The van der Waals surface area contributed by atoms with E-state index in [1.165, 1.54) is 5.56 Å². The van der Waals surface area contributed by atoms with E-state index in [-0.39, 0.29) is 5.41 Å². The van der Waals surface area contributed by atoms with Crippen molar-refractivity contribution in [2.45, 2.75) is 25.7 Å². The van der Waals surface area contributed by atoms with E-state index in [0.717, 1.165) is 17.6 Å². The number of hydrogen-bond donors (Lipinski definition) is 1. The van der Waals surface area contributed by atoms with Crippen molar-refractivity contribution in [1.29, 1.82) is 5.26 Å². The molecule has 0 aliphatic carbocycles. The summed E-state index contributed by atoms with van der Waals surface area (Å²) in [5, 5.41) is 11.8. The molecule has 0 amide bonds. The van der Waals surface area contributed by atoms with Crippen LogP contribution in [-0.4, -0.2) is 13.1 Å². The predicted molar refractivity (Wildman–Crippen MR) is 70.3 cm³/mol. The first-order chi connectivity index (χ1) is 7.56. The van der Waals surface area contributed by atoms with Crippen LogP contribution in [0.5, 0.6) is 0 Å². The van der Waals surface area contributed by atoms with Crippen LogP contribution in [0, 0.1) is 11.3 Å². The summed E-state index contributed by atoms with van der Waals surface area (Å²) in [7, 11) is 0. The maximum Gasteiger partial charge on any atom is 0.0635 e. The van der Waals surface area contributed by atoms with Gasteiger partial charge in [-0.05, 0) is 17.7 Å². The molecule has 86 valence electrons. The maximum absolute atomic E-state index is 8.45. The van der Waals surface area contributed by atoms with E-state index in [9.17, 15) is 0 Å². The van der Waals surface area contributed by atoms with E-state index >= 15 is 0 Å². The van der Waals surface area contributed by atoms with Crippen LogP contribution in [-0.2, 0) is 5.41 Å². The predicted octanol–water partition coefficient (Wildman–Crippen LogP) is 3.23. The smallest absolute Gasteiger partial charge is 0.0635 e. The summed E-state index contributed by atoms with van der Waals surface area (Å²) in [5.74, 6) is 0. The Bertz CT molecular complexity index is 363. The van der Waals surface area contributed by atoms with Gasteiger partial charge >= 0.3 is 0 Å². The number of nitriles is 1. The summed E-state index contributed by atoms with van der Waals surface area (Å²) in [4.78, 5) is 0. The molecule has 1 rings (SSSR count). The lowest BCUT2D eigenvalue weighted by Gasteiger charge is -2.25. The first kappa shape index (κ1) is 13.2. The summed E-state index contributed by atoms with van der Waals surface area (Å²) < 4.78 is 1.10. The largest absolute Gasteiger partial charge is 0.315 e. The van der Waals surface area contributed by atoms with E-state index < -0.39 is 0 Å². The monoisotopic (exact) mass is 280 g/mol. The third-order valence-corrected chi connectivity index (χ3v) is 3.13. The normalized spacial score (nSPS) is 11.1. The minimum atomic E-state index is 0.0934. The Morgan fingerprint density at radius 2 is 1.94 bits per heavy atom. The van der Waals surface area contributed by atoms with Crippen molar-refractivity contribution in [1.82, 2.24) is 5.32 Å².